The van der Waals surface area contributed by atoms with Crippen LogP contribution in [-0.4, -0.2) is 30.4 Å². The summed E-state index contributed by atoms with van der Waals surface area (Å²) in [6, 6.07) is 23.5. The minimum Gasteiger partial charge on any atom is -0.497 e. The fourth-order valence-electron chi connectivity index (χ4n) is 3.25. The lowest BCUT2D eigenvalue weighted by Crippen LogP contribution is -2.27. The molecule has 5 nitrogen and oxygen atoms in total. The van der Waals surface area contributed by atoms with Crippen LogP contribution in [0.25, 0.3) is 0 Å². The average Bonchev–Trinajstić information content (AvgIpc) is 3.25. The SMILES string of the molecule is COc1cccc(N(CCS(=O)c2ccccc2)Cc2ccc3c(c2)OCO3)c1. The number of nitrogens with zero attached hydrogens (tertiary/aromatic N) is 1. The summed E-state index contributed by atoms with van der Waals surface area (Å²) in [4.78, 5) is 3.06. The summed E-state index contributed by atoms with van der Waals surface area (Å²) in [6.07, 6.45) is 0. The number of methoxy groups -OCH3 is 1. The van der Waals surface area contributed by atoms with E-state index in [0.717, 1.165) is 33.4 Å². The molecule has 0 saturated carbocycles. The van der Waals surface area contributed by atoms with Crippen LogP contribution in [0.5, 0.6) is 17.2 Å². The second kappa shape index (κ2) is 9.01. The van der Waals surface area contributed by atoms with Crippen molar-refractivity contribution in [2.45, 2.75) is 11.4 Å². The zero-order valence-corrected chi connectivity index (χ0v) is 17.1. The Morgan fingerprint density at radius 2 is 1.79 bits per heavy atom. The Labute approximate surface area is 173 Å². The molecular formula is C23H23NO4S. The predicted octanol–water partition coefficient (Wildman–Crippen LogP) is 4.24. The summed E-state index contributed by atoms with van der Waals surface area (Å²) >= 11 is 0. The molecule has 0 radical (unpaired) electrons. The Morgan fingerprint density at radius 3 is 2.62 bits per heavy atom. The van der Waals surface area contributed by atoms with E-state index in [-0.39, 0.29) is 6.79 Å². The molecule has 3 aromatic carbocycles. The first-order valence-electron chi connectivity index (χ1n) is 9.44. The molecule has 1 aliphatic heterocycles. The Kier molecular flexibility index (Phi) is 6.00. The number of rotatable bonds is 8. The normalized spacial score (nSPS) is 13.1. The highest BCUT2D eigenvalue weighted by atomic mass is 32.2. The first kappa shape index (κ1) is 19.3. The van der Waals surface area contributed by atoms with Gasteiger partial charge in [-0.3, -0.25) is 4.21 Å². The van der Waals surface area contributed by atoms with Crippen molar-refractivity contribution in [1.82, 2.24) is 0 Å². The largest absolute Gasteiger partial charge is 0.497 e. The van der Waals surface area contributed by atoms with E-state index in [4.69, 9.17) is 14.2 Å². The van der Waals surface area contributed by atoms with Crippen molar-refractivity contribution >= 4 is 16.5 Å². The lowest BCUT2D eigenvalue weighted by Gasteiger charge is -2.25. The fraction of sp³-hybridized carbons (Fsp3) is 0.217. The Morgan fingerprint density at radius 1 is 0.966 bits per heavy atom. The molecule has 1 aliphatic rings. The van der Waals surface area contributed by atoms with Gasteiger partial charge in [-0.1, -0.05) is 30.3 Å². The topological polar surface area (TPSA) is 48.0 Å². The van der Waals surface area contributed by atoms with E-state index in [1.807, 2.05) is 72.8 Å². The quantitative estimate of drug-likeness (QED) is 0.557. The number of hydrogen-bond acceptors (Lipinski definition) is 5. The standard InChI is InChI=1S/C23H23NO4S/c1-26-20-7-5-6-19(15-20)24(12-13-29(25)21-8-3-2-4-9-21)16-18-10-11-22-23(14-18)28-17-27-22/h2-11,14-15H,12-13,16-17H2,1H3. The van der Waals surface area contributed by atoms with Gasteiger partial charge >= 0.3 is 0 Å². The number of hydrogen-bond donors (Lipinski definition) is 0. The van der Waals surface area contributed by atoms with Crippen molar-refractivity contribution < 1.29 is 18.4 Å². The zero-order valence-electron chi connectivity index (χ0n) is 16.2. The maximum Gasteiger partial charge on any atom is 0.231 e. The van der Waals surface area contributed by atoms with Crippen molar-refractivity contribution in [3.63, 3.8) is 0 Å². The zero-order chi connectivity index (χ0) is 20.1. The van der Waals surface area contributed by atoms with E-state index in [9.17, 15) is 4.21 Å². The van der Waals surface area contributed by atoms with Gasteiger partial charge < -0.3 is 19.1 Å². The molecule has 3 aromatic rings. The van der Waals surface area contributed by atoms with Gasteiger partial charge in [-0.15, -0.1) is 0 Å². The summed E-state index contributed by atoms with van der Waals surface area (Å²) in [6.45, 7) is 1.56. The molecule has 150 valence electrons. The summed E-state index contributed by atoms with van der Waals surface area (Å²) < 4.78 is 29.0. The van der Waals surface area contributed by atoms with Crippen LogP contribution in [0.15, 0.2) is 77.7 Å². The second-order valence-corrected chi connectivity index (χ2v) is 8.24. The first-order valence-corrected chi connectivity index (χ1v) is 10.8. The van der Waals surface area contributed by atoms with Gasteiger partial charge in [0.2, 0.25) is 6.79 Å². The number of anilines is 1. The Balaban J connectivity index is 1.54. The van der Waals surface area contributed by atoms with Crippen LogP contribution in [0.4, 0.5) is 5.69 Å². The van der Waals surface area contributed by atoms with Crippen molar-refractivity contribution in [1.29, 1.82) is 0 Å². The number of benzene rings is 3. The van der Waals surface area contributed by atoms with E-state index in [1.54, 1.807) is 7.11 Å². The van der Waals surface area contributed by atoms with Gasteiger partial charge in [0.1, 0.15) is 5.75 Å². The van der Waals surface area contributed by atoms with E-state index in [1.165, 1.54) is 0 Å². The third kappa shape index (κ3) is 4.71. The second-order valence-electron chi connectivity index (χ2n) is 6.67. The molecule has 29 heavy (non-hydrogen) atoms. The molecule has 0 N–H and O–H groups in total. The predicted molar refractivity (Wildman–Crippen MR) is 114 cm³/mol. The van der Waals surface area contributed by atoms with Gasteiger partial charge in [0.15, 0.2) is 11.5 Å². The van der Waals surface area contributed by atoms with Crippen LogP contribution in [0, 0.1) is 0 Å². The molecule has 1 heterocycles. The van der Waals surface area contributed by atoms with E-state index in [0.29, 0.717) is 18.8 Å². The molecular weight excluding hydrogens is 386 g/mol. The Hall–Kier alpha value is -2.99. The molecule has 4 rings (SSSR count). The average molecular weight is 410 g/mol. The van der Waals surface area contributed by atoms with E-state index >= 15 is 0 Å². The van der Waals surface area contributed by atoms with Crippen molar-refractivity contribution in [3.05, 3.63) is 78.4 Å². The molecule has 0 fully saturated rings. The minimum absolute atomic E-state index is 0.258. The van der Waals surface area contributed by atoms with Crippen LogP contribution in [0.1, 0.15) is 5.56 Å². The van der Waals surface area contributed by atoms with E-state index < -0.39 is 10.8 Å². The smallest absolute Gasteiger partial charge is 0.231 e. The summed E-state index contributed by atoms with van der Waals surface area (Å²) in [7, 11) is 0.598. The highest BCUT2D eigenvalue weighted by molar-refractivity contribution is 7.85. The van der Waals surface area contributed by atoms with Crippen LogP contribution in [0.3, 0.4) is 0 Å². The highest BCUT2D eigenvalue weighted by Crippen LogP contribution is 2.33. The van der Waals surface area contributed by atoms with Crippen LogP contribution < -0.4 is 19.1 Å². The molecule has 0 amide bonds. The molecule has 1 unspecified atom stereocenters. The number of ether oxygens (including phenoxy) is 3. The first-order chi connectivity index (χ1) is 14.2. The Bertz CT molecular complexity index is 993. The third-order valence-corrected chi connectivity index (χ3v) is 6.13. The third-order valence-electron chi connectivity index (χ3n) is 4.78. The van der Waals surface area contributed by atoms with Crippen LogP contribution in [0.2, 0.25) is 0 Å². The molecule has 0 aliphatic carbocycles. The van der Waals surface area contributed by atoms with Gasteiger partial charge in [-0.2, -0.15) is 0 Å². The maximum absolute atomic E-state index is 12.7. The lowest BCUT2D eigenvalue weighted by atomic mass is 10.1. The molecule has 0 bridgehead atoms. The monoisotopic (exact) mass is 409 g/mol. The van der Waals surface area contributed by atoms with Crippen LogP contribution >= 0.6 is 0 Å². The van der Waals surface area contributed by atoms with Crippen molar-refractivity contribution in [2.75, 3.05) is 31.1 Å². The molecule has 0 spiro atoms. The van der Waals surface area contributed by atoms with Gasteiger partial charge in [0.25, 0.3) is 0 Å². The van der Waals surface area contributed by atoms with E-state index in [2.05, 4.69) is 4.90 Å². The van der Waals surface area contributed by atoms with Gasteiger partial charge in [0, 0.05) is 35.5 Å². The number of fused-ring (bicyclic) bond motifs is 1. The summed E-state index contributed by atoms with van der Waals surface area (Å²) in [5, 5.41) is 0. The molecule has 0 aromatic heterocycles. The molecule has 1 atom stereocenters. The summed E-state index contributed by atoms with van der Waals surface area (Å²) in [5.74, 6) is 2.86. The van der Waals surface area contributed by atoms with Crippen LogP contribution in [-0.2, 0) is 17.3 Å². The molecule has 0 saturated heterocycles. The lowest BCUT2D eigenvalue weighted by molar-refractivity contribution is 0.174. The van der Waals surface area contributed by atoms with Crippen molar-refractivity contribution in [3.8, 4) is 17.2 Å². The summed E-state index contributed by atoms with van der Waals surface area (Å²) in [5.41, 5.74) is 2.12. The minimum atomic E-state index is -1.06. The van der Waals surface area contributed by atoms with Gasteiger partial charge in [-0.25, -0.2) is 0 Å². The van der Waals surface area contributed by atoms with Gasteiger partial charge in [0.05, 0.1) is 17.9 Å². The highest BCUT2D eigenvalue weighted by Gasteiger charge is 2.16. The van der Waals surface area contributed by atoms with Gasteiger partial charge in [-0.05, 0) is 42.0 Å². The maximum atomic E-state index is 12.7. The van der Waals surface area contributed by atoms with Crippen molar-refractivity contribution in [2.24, 2.45) is 0 Å². The molecule has 6 heteroatoms. The fourth-order valence-corrected chi connectivity index (χ4v) is 4.33.